The minimum Gasteiger partial charge on any atom is -0.0613 e. The summed E-state index contributed by atoms with van der Waals surface area (Å²) in [6.07, 6.45) is 0. The Morgan fingerprint density at radius 3 is 1.77 bits per heavy atom. The van der Waals surface area contributed by atoms with Crippen molar-refractivity contribution in [3.63, 3.8) is 0 Å². The zero-order chi connectivity index (χ0) is 16.5. The summed E-state index contributed by atoms with van der Waals surface area (Å²) >= 11 is 0. The molecule has 0 aliphatic heterocycles. The molecule has 0 unspecified atom stereocenters. The van der Waals surface area contributed by atoms with E-state index in [1.807, 2.05) is 0 Å². The molecule has 0 radical (unpaired) electrons. The molecule has 0 amide bonds. The summed E-state index contributed by atoms with van der Waals surface area (Å²) in [5, 5.41) is 0. The van der Waals surface area contributed by atoms with Crippen LogP contribution < -0.4 is 0 Å². The van der Waals surface area contributed by atoms with Gasteiger partial charge in [-0.05, 0) is 45.1 Å². The summed E-state index contributed by atoms with van der Waals surface area (Å²) in [7, 11) is 0. The molecule has 0 aliphatic carbocycles. The highest BCUT2D eigenvalue weighted by molar-refractivity contribution is 5.70. The fraction of sp³-hybridized carbons (Fsp3) is 0.455. The Kier molecular flexibility index (Phi) is 4.80. The van der Waals surface area contributed by atoms with Crippen molar-refractivity contribution in [2.75, 3.05) is 0 Å². The fourth-order valence-corrected chi connectivity index (χ4v) is 3.13. The molecule has 0 bridgehead atoms. The summed E-state index contributed by atoms with van der Waals surface area (Å²) in [5.41, 5.74) is 7.30. The molecule has 0 saturated carbocycles. The number of hydrogen-bond acceptors (Lipinski definition) is 0. The Hall–Kier alpha value is -1.56. The second-order valence-electron chi connectivity index (χ2n) is 7.95. The molecule has 0 N–H and O–H groups in total. The quantitative estimate of drug-likeness (QED) is 0.577. The second-order valence-corrected chi connectivity index (χ2v) is 7.95. The summed E-state index contributed by atoms with van der Waals surface area (Å²) in [4.78, 5) is 0. The second kappa shape index (κ2) is 6.28. The Morgan fingerprint density at radius 2 is 1.32 bits per heavy atom. The van der Waals surface area contributed by atoms with Gasteiger partial charge in [0.05, 0.1) is 0 Å². The molecular formula is C22H30. The highest BCUT2D eigenvalue weighted by atomic mass is 14.2. The lowest BCUT2D eigenvalue weighted by atomic mass is 9.83. The predicted molar refractivity (Wildman–Crippen MR) is 98.8 cm³/mol. The standard InChI is InChI=1S/C22H30/c1-15(2)19-9-8-10-20(21(19)16(3)4)17-11-13-18(14-12-17)22(5,6)7/h8-16H,1-7H3. The van der Waals surface area contributed by atoms with Crippen molar-refractivity contribution in [2.24, 2.45) is 0 Å². The molecule has 118 valence electrons. The minimum atomic E-state index is 0.208. The fourth-order valence-electron chi connectivity index (χ4n) is 3.13. The third kappa shape index (κ3) is 3.43. The lowest BCUT2D eigenvalue weighted by molar-refractivity contribution is 0.590. The molecule has 0 atom stereocenters. The normalized spacial score (nSPS) is 12.2. The van der Waals surface area contributed by atoms with Gasteiger partial charge in [-0.3, -0.25) is 0 Å². The summed E-state index contributed by atoms with van der Waals surface area (Å²) in [5.74, 6) is 1.10. The van der Waals surface area contributed by atoms with Crippen molar-refractivity contribution >= 4 is 0 Å². The van der Waals surface area contributed by atoms with Crippen molar-refractivity contribution in [1.29, 1.82) is 0 Å². The van der Waals surface area contributed by atoms with Crippen molar-refractivity contribution < 1.29 is 0 Å². The first kappa shape index (κ1) is 16.8. The van der Waals surface area contributed by atoms with E-state index < -0.39 is 0 Å². The SMILES string of the molecule is CC(C)c1cccc(-c2ccc(C(C)(C)C)cc2)c1C(C)C. The van der Waals surface area contributed by atoms with Gasteiger partial charge < -0.3 is 0 Å². The summed E-state index contributed by atoms with van der Waals surface area (Å²) in [6.45, 7) is 16.0. The van der Waals surface area contributed by atoms with Crippen molar-refractivity contribution in [1.82, 2.24) is 0 Å². The molecule has 0 fully saturated rings. The molecule has 2 aromatic rings. The van der Waals surface area contributed by atoms with E-state index in [-0.39, 0.29) is 5.41 Å². The van der Waals surface area contributed by atoms with Crippen LogP contribution in [0.5, 0.6) is 0 Å². The van der Waals surface area contributed by atoms with Crippen LogP contribution in [-0.2, 0) is 5.41 Å². The Bertz CT molecular complexity index is 622. The summed E-state index contributed by atoms with van der Waals surface area (Å²) < 4.78 is 0. The minimum absolute atomic E-state index is 0.208. The molecule has 2 aromatic carbocycles. The van der Waals surface area contributed by atoms with E-state index in [4.69, 9.17) is 0 Å². The van der Waals surface area contributed by atoms with Crippen LogP contribution in [0.4, 0.5) is 0 Å². The number of benzene rings is 2. The number of rotatable bonds is 3. The maximum atomic E-state index is 2.30. The van der Waals surface area contributed by atoms with Crippen molar-refractivity contribution in [2.45, 2.75) is 65.7 Å². The van der Waals surface area contributed by atoms with Crippen molar-refractivity contribution in [3.05, 3.63) is 59.2 Å². The van der Waals surface area contributed by atoms with Crippen molar-refractivity contribution in [3.8, 4) is 11.1 Å². The van der Waals surface area contributed by atoms with E-state index in [2.05, 4.69) is 90.9 Å². The van der Waals surface area contributed by atoms with E-state index in [1.54, 1.807) is 0 Å². The van der Waals surface area contributed by atoms with Gasteiger partial charge in [0.2, 0.25) is 0 Å². The molecule has 0 heteroatoms. The maximum absolute atomic E-state index is 2.30. The van der Waals surface area contributed by atoms with Crippen LogP contribution in [0, 0.1) is 0 Å². The Labute approximate surface area is 136 Å². The molecule has 0 saturated heterocycles. The van der Waals surface area contributed by atoms with Crippen LogP contribution in [-0.4, -0.2) is 0 Å². The molecule has 0 aromatic heterocycles. The maximum Gasteiger partial charge on any atom is -0.0132 e. The van der Waals surface area contributed by atoms with Gasteiger partial charge in [-0.2, -0.15) is 0 Å². The van der Waals surface area contributed by atoms with Crippen LogP contribution in [0.3, 0.4) is 0 Å². The lowest BCUT2D eigenvalue weighted by Crippen LogP contribution is -2.10. The van der Waals surface area contributed by atoms with Gasteiger partial charge >= 0.3 is 0 Å². The van der Waals surface area contributed by atoms with Gasteiger partial charge in [0.25, 0.3) is 0 Å². The van der Waals surface area contributed by atoms with E-state index in [1.165, 1.54) is 27.8 Å². The van der Waals surface area contributed by atoms with Crippen LogP contribution in [0.15, 0.2) is 42.5 Å². The van der Waals surface area contributed by atoms with Crippen LogP contribution in [0.2, 0.25) is 0 Å². The Morgan fingerprint density at radius 1 is 0.727 bits per heavy atom. The molecule has 0 spiro atoms. The highest BCUT2D eigenvalue weighted by Crippen LogP contribution is 2.36. The third-order valence-corrected chi connectivity index (χ3v) is 4.40. The predicted octanol–water partition coefficient (Wildman–Crippen LogP) is 6.90. The third-order valence-electron chi connectivity index (χ3n) is 4.40. The van der Waals surface area contributed by atoms with Gasteiger partial charge in [0.15, 0.2) is 0 Å². The van der Waals surface area contributed by atoms with Gasteiger partial charge in [-0.25, -0.2) is 0 Å². The van der Waals surface area contributed by atoms with E-state index in [9.17, 15) is 0 Å². The highest BCUT2D eigenvalue weighted by Gasteiger charge is 2.17. The van der Waals surface area contributed by atoms with E-state index in [0.29, 0.717) is 11.8 Å². The monoisotopic (exact) mass is 294 g/mol. The lowest BCUT2D eigenvalue weighted by Gasteiger charge is -2.22. The number of hydrogen-bond donors (Lipinski definition) is 0. The first-order valence-electron chi connectivity index (χ1n) is 8.45. The molecule has 2 rings (SSSR count). The first-order valence-corrected chi connectivity index (χ1v) is 8.45. The van der Waals surface area contributed by atoms with Crippen LogP contribution in [0.25, 0.3) is 11.1 Å². The van der Waals surface area contributed by atoms with E-state index in [0.717, 1.165) is 0 Å². The topological polar surface area (TPSA) is 0 Å². The smallest absolute Gasteiger partial charge is 0.0132 e. The zero-order valence-electron chi connectivity index (χ0n) is 15.2. The van der Waals surface area contributed by atoms with Gasteiger partial charge in [-0.1, -0.05) is 90.9 Å². The van der Waals surface area contributed by atoms with Crippen LogP contribution in [0.1, 0.15) is 77.0 Å². The first-order chi connectivity index (χ1) is 10.2. The average molecular weight is 294 g/mol. The molecule has 0 heterocycles. The van der Waals surface area contributed by atoms with E-state index >= 15 is 0 Å². The van der Waals surface area contributed by atoms with Gasteiger partial charge in [0.1, 0.15) is 0 Å². The Balaban J connectivity index is 2.55. The molecular weight excluding hydrogens is 264 g/mol. The largest absolute Gasteiger partial charge is 0.0613 e. The van der Waals surface area contributed by atoms with Gasteiger partial charge in [0, 0.05) is 0 Å². The molecule has 22 heavy (non-hydrogen) atoms. The molecule has 0 nitrogen and oxygen atoms in total. The average Bonchev–Trinajstić information content (AvgIpc) is 2.45. The molecule has 0 aliphatic rings. The zero-order valence-corrected chi connectivity index (χ0v) is 15.2. The summed E-state index contributed by atoms with van der Waals surface area (Å²) in [6, 6.07) is 15.9. The van der Waals surface area contributed by atoms with Crippen LogP contribution >= 0.6 is 0 Å². The van der Waals surface area contributed by atoms with Gasteiger partial charge in [-0.15, -0.1) is 0 Å².